The van der Waals surface area contributed by atoms with Crippen molar-refractivity contribution in [2.24, 2.45) is 0 Å². The van der Waals surface area contributed by atoms with Crippen LogP contribution in [0.5, 0.6) is 0 Å². The van der Waals surface area contributed by atoms with E-state index in [1.165, 1.54) is 16.4 Å². The average Bonchev–Trinajstić information content (AvgIpc) is 2.83. The van der Waals surface area contributed by atoms with Gasteiger partial charge in [0.1, 0.15) is 17.6 Å². The summed E-state index contributed by atoms with van der Waals surface area (Å²) in [5, 5.41) is 10.3. The fraction of sp³-hybridized carbons (Fsp3) is 0.417. The predicted molar refractivity (Wildman–Crippen MR) is 139 cm³/mol. The summed E-state index contributed by atoms with van der Waals surface area (Å²) in [5.74, 6) is -0.231. The summed E-state index contributed by atoms with van der Waals surface area (Å²) in [6.07, 6.45) is 0.556. The van der Waals surface area contributed by atoms with Gasteiger partial charge in [0.05, 0.1) is 27.8 Å². The Labute approximate surface area is 222 Å². The number of carboxylic acid groups (broad SMARTS) is 1. The lowest BCUT2D eigenvalue weighted by atomic mass is 10.0. The number of carbonyl (C=O) groups excluding carboxylic acids is 1. The van der Waals surface area contributed by atoms with Crippen LogP contribution in [0.1, 0.15) is 37.9 Å². The third kappa shape index (κ3) is 5.19. The Morgan fingerprint density at radius 2 is 1.97 bits per heavy atom. The van der Waals surface area contributed by atoms with Crippen molar-refractivity contribution in [3.63, 3.8) is 0 Å². The lowest BCUT2D eigenvalue weighted by molar-refractivity contribution is -0.142. The van der Waals surface area contributed by atoms with Gasteiger partial charge in [-0.15, -0.1) is 0 Å². The van der Waals surface area contributed by atoms with Gasteiger partial charge >= 0.3 is 17.8 Å². The van der Waals surface area contributed by atoms with Gasteiger partial charge in [-0.05, 0) is 30.5 Å². The SMILES string of the molecule is CC(=O)OCC1CN(c2nc(=O)n(-c3c(C)ccnc3C(C)C)c3nc(Cl)c(Cl)cc23)CCN1C(=O)O. The van der Waals surface area contributed by atoms with Gasteiger partial charge in [0.25, 0.3) is 0 Å². The zero-order chi connectivity index (χ0) is 27.0. The number of carbonyl (C=O) groups is 2. The lowest BCUT2D eigenvalue weighted by Crippen LogP contribution is -2.57. The van der Waals surface area contributed by atoms with Crippen molar-refractivity contribution in [2.75, 3.05) is 31.1 Å². The minimum Gasteiger partial charge on any atom is -0.465 e. The topological polar surface area (TPSA) is 131 Å². The Morgan fingerprint density at radius 3 is 2.62 bits per heavy atom. The molecule has 0 aliphatic carbocycles. The highest BCUT2D eigenvalue weighted by Crippen LogP contribution is 2.33. The number of hydrogen-bond donors (Lipinski definition) is 1. The number of esters is 1. The third-order valence-electron chi connectivity index (χ3n) is 6.19. The molecular formula is C24H26Cl2N6O5. The van der Waals surface area contributed by atoms with Crippen LogP contribution in [0.3, 0.4) is 0 Å². The van der Waals surface area contributed by atoms with Crippen molar-refractivity contribution < 1.29 is 19.4 Å². The average molecular weight is 549 g/mol. The standard InChI is InChI=1S/C24H26Cl2N6O5/c1-12(2)18-19(13(3)5-6-27-18)32-22-16(9-17(25)20(26)28-22)21(29-23(32)34)30-7-8-31(24(35)36)15(10-30)11-37-14(4)33/h5-6,9,12,15H,7-8,10-11H2,1-4H3,(H,35,36). The van der Waals surface area contributed by atoms with E-state index < -0.39 is 23.8 Å². The number of amides is 1. The van der Waals surface area contributed by atoms with Gasteiger partial charge in [0, 0.05) is 32.8 Å². The maximum absolute atomic E-state index is 13.6. The minimum absolute atomic E-state index is 0.00503. The molecule has 196 valence electrons. The van der Waals surface area contributed by atoms with Gasteiger partial charge in [-0.25, -0.2) is 19.1 Å². The first-order valence-electron chi connectivity index (χ1n) is 11.6. The van der Waals surface area contributed by atoms with Crippen LogP contribution in [0.15, 0.2) is 23.1 Å². The normalized spacial score (nSPS) is 15.9. The molecule has 0 aromatic carbocycles. The summed E-state index contributed by atoms with van der Waals surface area (Å²) >= 11 is 12.6. The largest absolute Gasteiger partial charge is 0.465 e. The van der Waals surface area contributed by atoms with E-state index in [1.54, 1.807) is 23.2 Å². The quantitative estimate of drug-likeness (QED) is 0.374. The minimum atomic E-state index is -1.13. The number of nitrogens with zero attached hydrogens (tertiary/aromatic N) is 6. The lowest BCUT2D eigenvalue weighted by Gasteiger charge is -2.40. The van der Waals surface area contributed by atoms with Gasteiger partial charge in [0.2, 0.25) is 0 Å². The van der Waals surface area contributed by atoms with E-state index in [-0.39, 0.29) is 53.8 Å². The molecular weight excluding hydrogens is 523 g/mol. The molecule has 1 atom stereocenters. The first-order chi connectivity index (χ1) is 17.5. The monoisotopic (exact) mass is 548 g/mol. The molecule has 0 saturated carbocycles. The molecule has 1 N–H and O–H groups in total. The maximum Gasteiger partial charge on any atom is 0.407 e. The first-order valence-corrected chi connectivity index (χ1v) is 12.4. The van der Waals surface area contributed by atoms with Crippen molar-refractivity contribution in [3.8, 4) is 5.69 Å². The molecule has 4 heterocycles. The number of rotatable bonds is 5. The third-order valence-corrected chi connectivity index (χ3v) is 6.86. The van der Waals surface area contributed by atoms with E-state index in [2.05, 4.69) is 15.0 Å². The van der Waals surface area contributed by atoms with Crippen LogP contribution in [-0.2, 0) is 9.53 Å². The van der Waals surface area contributed by atoms with Crippen molar-refractivity contribution >= 4 is 52.1 Å². The number of pyridine rings is 2. The second kappa shape index (κ2) is 10.5. The van der Waals surface area contributed by atoms with E-state index in [9.17, 15) is 19.5 Å². The van der Waals surface area contributed by atoms with Gasteiger partial charge in [-0.3, -0.25) is 14.7 Å². The highest BCUT2D eigenvalue weighted by atomic mass is 35.5. The maximum atomic E-state index is 13.6. The van der Waals surface area contributed by atoms with Crippen LogP contribution < -0.4 is 10.6 Å². The van der Waals surface area contributed by atoms with E-state index in [0.717, 1.165) is 5.56 Å². The molecule has 3 aromatic heterocycles. The molecule has 1 unspecified atom stereocenters. The Kier molecular flexibility index (Phi) is 7.56. The van der Waals surface area contributed by atoms with E-state index in [0.29, 0.717) is 16.8 Å². The molecule has 37 heavy (non-hydrogen) atoms. The van der Waals surface area contributed by atoms with Crippen molar-refractivity contribution in [2.45, 2.75) is 39.7 Å². The van der Waals surface area contributed by atoms with Gasteiger partial charge < -0.3 is 14.7 Å². The summed E-state index contributed by atoms with van der Waals surface area (Å²) < 4.78 is 6.49. The number of aromatic nitrogens is 4. The fourth-order valence-electron chi connectivity index (χ4n) is 4.47. The number of piperazine rings is 1. The molecule has 1 saturated heterocycles. The van der Waals surface area contributed by atoms with Gasteiger partial charge in [0.15, 0.2) is 5.65 Å². The summed E-state index contributed by atoms with van der Waals surface area (Å²) in [6, 6.07) is 2.73. The highest BCUT2D eigenvalue weighted by Gasteiger charge is 2.33. The van der Waals surface area contributed by atoms with Crippen LogP contribution in [0.4, 0.5) is 10.6 Å². The number of hydrogen-bond acceptors (Lipinski definition) is 8. The first kappa shape index (κ1) is 26.6. The smallest absolute Gasteiger partial charge is 0.407 e. The van der Waals surface area contributed by atoms with Crippen molar-refractivity contribution in [1.29, 1.82) is 0 Å². The molecule has 0 spiro atoms. The Bertz CT molecular complexity index is 1440. The highest BCUT2D eigenvalue weighted by molar-refractivity contribution is 6.41. The summed E-state index contributed by atoms with van der Waals surface area (Å²) in [5.41, 5.74) is 1.73. The molecule has 13 heteroatoms. The summed E-state index contributed by atoms with van der Waals surface area (Å²) in [7, 11) is 0. The molecule has 0 radical (unpaired) electrons. The number of aryl methyl sites for hydroxylation is 1. The van der Waals surface area contributed by atoms with Crippen LogP contribution >= 0.6 is 23.2 Å². The molecule has 11 nitrogen and oxygen atoms in total. The second-order valence-electron chi connectivity index (χ2n) is 9.08. The number of anilines is 1. The van der Waals surface area contributed by atoms with E-state index in [4.69, 9.17) is 27.9 Å². The summed E-state index contributed by atoms with van der Waals surface area (Å²) in [6.45, 7) is 7.44. The van der Waals surface area contributed by atoms with Gasteiger partial charge in [-0.1, -0.05) is 37.0 Å². The van der Waals surface area contributed by atoms with Crippen LogP contribution in [0.2, 0.25) is 10.2 Å². The van der Waals surface area contributed by atoms with Crippen LogP contribution in [-0.4, -0.2) is 73.9 Å². The van der Waals surface area contributed by atoms with E-state index in [1.807, 2.05) is 20.8 Å². The molecule has 0 bridgehead atoms. The second-order valence-corrected chi connectivity index (χ2v) is 9.85. The summed E-state index contributed by atoms with van der Waals surface area (Å²) in [4.78, 5) is 53.1. The van der Waals surface area contributed by atoms with E-state index >= 15 is 0 Å². The van der Waals surface area contributed by atoms with Crippen molar-refractivity contribution in [3.05, 3.63) is 50.2 Å². The predicted octanol–water partition coefficient (Wildman–Crippen LogP) is 3.65. The van der Waals surface area contributed by atoms with Crippen LogP contribution in [0, 0.1) is 6.92 Å². The Balaban J connectivity index is 1.91. The van der Waals surface area contributed by atoms with Crippen molar-refractivity contribution in [1.82, 2.24) is 24.4 Å². The fourth-order valence-corrected chi connectivity index (χ4v) is 4.75. The molecule has 1 aliphatic heterocycles. The Hall–Kier alpha value is -3.44. The van der Waals surface area contributed by atoms with Crippen LogP contribution in [0.25, 0.3) is 16.7 Å². The molecule has 1 aliphatic rings. The Morgan fingerprint density at radius 1 is 1.24 bits per heavy atom. The zero-order valence-corrected chi connectivity index (χ0v) is 22.2. The van der Waals surface area contributed by atoms with Gasteiger partial charge in [-0.2, -0.15) is 4.98 Å². The number of fused-ring (bicyclic) bond motifs is 1. The molecule has 1 amide bonds. The zero-order valence-electron chi connectivity index (χ0n) is 20.7. The molecule has 4 rings (SSSR count). The number of halogens is 2. The molecule has 3 aromatic rings. The molecule has 1 fully saturated rings. The number of ether oxygens (including phenoxy) is 1.